The van der Waals surface area contributed by atoms with E-state index >= 15 is 22.4 Å². The van der Waals surface area contributed by atoms with Gasteiger partial charge in [0.25, 0.3) is 0 Å². The van der Waals surface area contributed by atoms with Crippen LogP contribution >= 0.6 is 23.5 Å². The lowest BCUT2D eigenvalue weighted by Crippen LogP contribution is -2.62. The number of aromatic amines is 3. The summed E-state index contributed by atoms with van der Waals surface area (Å²) < 4.78 is 97.1. The van der Waals surface area contributed by atoms with E-state index in [4.69, 9.17) is 4.74 Å². The Labute approximate surface area is 547 Å². The number of thioether (sulfide) groups is 2. The third kappa shape index (κ3) is 17.1. The van der Waals surface area contributed by atoms with Gasteiger partial charge in [-0.3, -0.25) is 43.2 Å². The van der Waals surface area contributed by atoms with Crippen LogP contribution in [0.25, 0.3) is 21.8 Å². The van der Waals surface area contributed by atoms with E-state index in [0.717, 1.165) is 6.07 Å². The number of hydrogen-bond donors (Lipinski definition) is 11. The predicted molar refractivity (Wildman–Crippen MR) is 336 cm³/mol. The number of ether oxygens (including phenoxy) is 1. The highest BCUT2D eigenvalue weighted by Gasteiger charge is 2.48. The SMILES string of the molecule is COc1ccc(C[C@@H]2NC(=O)[C@H](Cc3cnc[nH]3)NC(=O)[C@H](CC(=O)O)NC(=O)[C@H](Cc3c[nH]c4ccc(F)cc34)NC(=O)[C@H](Cc3c[nH]c4ccc(F)cc34)NC(=O)[C@@H](C)NC(=O)CCCCSc3c(F)c(F)c(c(F)c3F)SCCNC(=O)[C@]3(C)CCCN3C2=O)cc1. The molecule has 0 spiro atoms. The average molecular weight is 1360 g/mol. The molecule has 0 unspecified atom stereocenters. The molecule has 1 saturated heterocycles. The van der Waals surface area contributed by atoms with Crippen LogP contribution in [-0.2, 0) is 68.8 Å². The second-order valence-corrected chi connectivity index (χ2v) is 25.3. The molecule has 7 atom stereocenters. The lowest BCUT2D eigenvalue weighted by atomic mass is 9.95. The minimum atomic E-state index is -2.04. The fraction of sp³-hybridized carbons (Fsp3) is 0.375. The Morgan fingerprint density at radius 1 is 0.632 bits per heavy atom. The number of carbonyl (C=O) groups is 9. The molecule has 6 heterocycles. The molecule has 7 aromatic rings. The number of nitrogens with zero attached hydrogens (tertiary/aromatic N) is 2. The maximum atomic E-state index is 15.6. The van der Waals surface area contributed by atoms with Gasteiger partial charge in [0.05, 0.1) is 29.6 Å². The Hall–Kier alpha value is -9.52. The number of H-pyrrole nitrogens is 3. The second-order valence-electron chi connectivity index (χ2n) is 23.1. The number of methoxy groups -OCH3 is 1. The van der Waals surface area contributed by atoms with Crippen molar-refractivity contribution < 1.29 is 79.3 Å². The van der Waals surface area contributed by atoms with E-state index in [2.05, 4.69) is 57.2 Å². The van der Waals surface area contributed by atoms with Crippen molar-refractivity contribution in [2.45, 2.75) is 130 Å². The van der Waals surface area contributed by atoms with Gasteiger partial charge in [-0.15, -0.1) is 23.5 Å². The summed E-state index contributed by atoms with van der Waals surface area (Å²) in [6.45, 7) is 2.44. The summed E-state index contributed by atoms with van der Waals surface area (Å²) in [7, 11) is 1.44. The standard InChI is InChI=1S/C64H68F6N12O11S2/c1-32-57(86)77-44(22-34-28-73-42-14-10-36(65)24-40(34)42)58(87)78-45(23-35-29-74-43-15-11-37(66)25-41(35)43)59(88)80-47(27-50(84)85)61(90)79-46(26-38-30-71-31-75-38)60(89)81-48(21-33-8-12-39(93-3)13-9-33)62(91)82-18-6-16-64(82,2)63(92)72-17-20-95-56-53(69)51(67)55(52(68)54(56)70)94-19-5-4-7-49(83)76-32/h8-15,24-25,28-32,44-48,73-74H,4-7,16-23,26-27H2,1-3H3,(H,71,75)(H,72,92)(H,76,83)(H,77,86)(H,78,87)(H,79,90)(H,80,88)(H,81,89)(H,84,85)/t32-,44+,45+,46+,47+,48+,64+/m1/s1. The number of hydrogen-bond acceptors (Lipinski definition) is 13. The van der Waals surface area contributed by atoms with Crippen molar-refractivity contribution in [3.8, 4) is 5.75 Å². The molecular weight excluding hydrogens is 1290 g/mol. The van der Waals surface area contributed by atoms with Gasteiger partial charge in [0.2, 0.25) is 47.3 Å². The molecule has 3 aliphatic rings. The zero-order chi connectivity index (χ0) is 68.3. The van der Waals surface area contributed by atoms with Gasteiger partial charge in [-0.2, -0.15) is 0 Å². The molecule has 23 nitrogen and oxygen atoms in total. The first-order valence-electron chi connectivity index (χ1n) is 30.3. The Morgan fingerprint density at radius 3 is 1.71 bits per heavy atom. The summed E-state index contributed by atoms with van der Waals surface area (Å²) in [6, 6.07) is 3.88. The number of halogens is 6. The van der Waals surface area contributed by atoms with Crippen molar-refractivity contribution >= 4 is 98.6 Å². The molecule has 31 heteroatoms. The maximum Gasteiger partial charge on any atom is 0.305 e. The van der Waals surface area contributed by atoms with E-state index in [1.54, 1.807) is 24.3 Å². The minimum Gasteiger partial charge on any atom is -0.497 e. The Morgan fingerprint density at radius 2 is 1.16 bits per heavy atom. The summed E-state index contributed by atoms with van der Waals surface area (Å²) in [5.74, 6) is -17.3. The van der Waals surface area contributed by atoms with Crippen LogP contribution in [0, 0.1) is 34.9 Å². The molecule has 11 N–H and O–H groups in total. The van der Waals surface area contributed by atoms with Crippen molar-refractivity contribution in [3.63, 3.8) is 0 Å². The number of carboxylic acid groups (broad SMARTS) is 1. The van der Waals surface area contributed by atoms with Gasteiger partial charge >= 0.3 is 5.97 Å². The number of amides is 8. The smallest absolute Gasteiger partial charge is 0.305 e. The number of carboxylic acids is 1. The van der Waals surface area contributed by atoms with E-state index in [1.807, 2.05) is 0 Å². The average Bonchev–Trinajstić information content (AvgIpc) is 1.78. The molecule has 10 rings (SSSR count). The monoisotopic (exact) mass is 1360 g/mol. The molecule has 8 amide bonds. The van der Waals surface area contributed by atoms with Gasteiger partial charge in [0.15, 0.2) is 23.3 Å². The normalized spacial score (nSPS) is 22.3. The zero-order valence-electron chi connectivity index (χ0n) is 51.5. The van der Waals surface area contributed by atoms with Crippen molar-refractivity contribution in [3.05, 3.63) is 143 Å². The van der Waals surface area contributed by atoms with Gasteiger partial charge in [0, 0.05) is 97.0 Å². The van der Waals surface area contributed by atoms with Crippen molar-refractivity contribution in [2.24, 2.45) is 0 Å². The number of rotatable bonds is 11. The Bertz CT molecular complexity index is 4000. The van der Waals surface area contributed by atoms with E-state index in [9.17, 15) is 52.2 Å². The number of fused-ring (bicyclic) bond motifs is 31. The fourth-order valence-corrected chi connectivity index (χ4v) is 13.2. The number of imidazole rings is 1. The van der Waals surface area contributed by atoms with Crippen molar-refractivity contribution in [1.82, 2.24) is 62.1 Å². The molecule has 3 aromatic heterocycles. The van der Waals surface area contributed by atoms with Crippen molar-refractivity contribution in [2.75, 3.05) is 31.7 Å². The van der Waals surface area contributed by atoms with E-state index in [0.29, 0.717) is 51.3 Å². The molecule has 0 aliphatic carbocycles. The Balaban J connectivity index is 1.07. The van der Waals surface area contributed by atoms with Crippen LogP contribution in [0.1, 0.15) is 74.8 Å². The highest BCUT2D eigenvalue weighted by molar-refractivity contribution is 7.99. The van der Waals surface area contributed by atoms with Gasteiger partial charge in [-0.1, -0.05) is 12.1 Å². The third-order valence-electron chi connectivity index (χ3n) is 16.4. The van der Waals surface area contributed by atoms with Gasteiger partial charge in [-0.25, -0.2) is 31.3 Å². The van der Waals surface area contributed by atoms with E-state index < -0.39 is 159 Å². The highest BCUT2D eigenvalue weighted by atomic mass is 32.2. The van der Waals surface area contributed by atoms with Crippen molar-refractivity contribution in [1.29, 1.82) is 0 Å². The first kappa shape index (κ1) is 69.8. The molecule has 3 aliphatic heterocycles. The first-order valence-corrected chi connectivity index (χ1v) is 32.2. The number of aromatic nitrogens is 4. The van der Waals surface area contributed by atoms with E-state index in [-0.39, 0.29) is 91.7 Å². The summed E-state index contributed by atoms with van der Waals surface area (Å²) in [5.41, 5.74) is 0.473. The number of aliphatic carboxylic acids is 1. The van der Waals surface area contributed by atoms with Crippen LogP contribution in [0.15, 0.2) is 95.4 Å². The molecule has 0 saturated carbocycles. The number of carbonyl (C=O) groups excluding carboxylic acids is 8. The number of nitrogens with one attached hydrogen (secondary N) is 10. The van der Waals surface area contributed by atoms with Gasteiger partial charge in [-0.05, 0) is 111 Å². The van der Waals surface area contributed by atoms with Crippen LogP contribution in [0.4, 0.5) is 26.3 Å². The fourth-order valence-electron chi connectivity index (χ4n) is 11.3. The quantitative estimate of drug-likeness (QED) is 0.0436. The molecular formula is C64H68F6N12O11S2. The molecule has 4 aromatic carbocycles. The highest BCUT2D eigenvalue weighted by Crippen LogP contribution is 2.37. The maximum absolute atomic E-state index is 15.6. The summed E-state index contributed by atoms with van der Waals surface area (Å²) >= 11 is 0.854. The third-order valence-corrected chi connectivity index (χ3v) is 18.6. The van der Waals surface area contributed by atoms with Crippen LogP contribution in [-0.4, -0.2) is 157 Å². The summed E-state index contributed by atoms with van der Waals surface area (Å²) in [4.78, 5) is 141. The van der Waals surface area contributed by atoms with Crippen LogP contribution in [0.2, 0.25) is 0 Å². The molecule has 0 radical (unpaired) electrons. The van der Waals surface area contributed by atoms with Crippen LogP contribution in [0.5, 0.6) is 5.75 Å². The lowest BCUT2D eigenvalue weighted by molar-refractivity contribution is -0.146. The Kier molecular flexibility index (Phi) is 22.9. The molecule has 1 fully saturated rings. The molecule has 504 valence electrons. The number of benzene rings is 4. The zero-order valence-corrected chi connectivity index (χ0v) is 53.1. The first-order chi connectivity index (χ1) is 45.4. The molecule has 95 heavy (non-hydrogen) atoms. The summed E-state index contributed by atoms with van der Waals surface area (Å²) in [6.07, 6.45) is 3.11. The lowest BCUT2D eigenvalue weighted by Gasteiger charge is -2.36. The predicted octanol–water partition coefficient (Wildman–Crippen LogP) is 5.46. The topological polar surface area (TPSA) is 331 Å². The van der Waals surface area contributed by atoms with Crippen LogP contribution in [0.3, 0.4) is 0 Å². The molecule has 2 bridgehead atoms. The van der Waals surface area contributed by atoms with E-state index in [1.165, 1.54) is 81.1 Å². The van der Waals surface area contributed by atoms with Gasteiger partial charge < -0.3 is 66.9 Å². The minimum absolute atomic E-state index is 0.00943. The van der Waals surface area contributed by atoms with Crippen LogP contribution < -0.4 is 42.0 Å². The second kappa shape index (κ2) is 31.1. The van der Waals surface area contributed by atoms with Gasteiger partial charge in [0.1, 0.15) is 59.2 Å². The largest absolute Gasteiger partial charge is 0.497 e. The summed E-state index contributed by atoms with van der Waals surface area (Å²) in [5, 5.41) is 28.8.